The molecule has 0 amide bonds. The van der Waals surface area contributed by atoms with Crippen LogP contribution in [0.1, 0.15) is 49.5 Å². The fourth-order valence-corrected chi connectivity index (χ4v) is 4.08. The van der Waals surface area contributed by atoms with Crippen molar-refractivity contribution in [2.24, 2.45) is 0 Å². The lowest BCUT2D eigenvalue weighted by Gasteiger charge is -2.33. The average Bonchev–Trinajstić information content (AvgIpc) is 3.34. The number of piperidine rings is 1. The van der Waals surface area contributed by atoms with Gasteiger partial charge < -0.3 is 13.8 Å². The van der Waals surface area contributed by atoms with Crippen LogP contribution in [0.25, 0.3) is 10.9 Å². The van der Waals surface area contributed by atoms with E-state index in [2.05, 4.69) is 57.0 Å². The number of nitrogens with zero attached hydrogens (tertiary/aromatic N) is 4. The second kappa shape index (κ2) is 8.23. The summed E-state index contributed by atoms with van der Waals surface area (Å²) in [7, 11) is 1.69. The first-order valence-corrected chi connectivity index (χ1v) is 9.92. The van der Waals surface area contributed by atoms with Crippen LogP contribution in [0.4, 0.5) is 0 Å². The first-order valence-electron chi connectivity index (χ1n) is 9.92. The summed E-state index contributed by atoms with van der Waals surface area (Å²) in [6, 6.07) is 9.05. The fraction of sp³-hybridized carbons (Fsp3) is 0.524. The smallest absolute Gasteiger partial charge is 0.244 e. The van der Waals surface area contributed by atoms with E-state index >= 15 is 0 Å². The molecule has 1 fully saturated rings. The SMILES string of the molecule is CCn1ccc2c(CN3CCCC[C@@H]3c3nc(CCOC)no3)cccc21. The van der Waals surface area contributed by atoms with Gasteiger partial charge in [0.25, 0.3) is 0 Å². The first-order chi connectivity index (χ1) is 13.3. The number of methoxy groups -OCH3 is 1. The van der Waals surface area contributed by atoms with E-state index in [0.29, 0.717) is 13.0 Å². The van der Waals surface area contributed by atoms with E-state index in [0.717, 1.165) is 37.8 Å². The number of aryl methyl sites for hydroxylation is 1. The third-order valence-corrected chi connectivity index (χ3v) is 5.53. The summed E-state index contributed by atoms with van der Waals surface area (Å²) in [5.74, 6) is 1.48. The second-order valence-corrected chi connectivity index (χ2v) is 7.23. The number of hydrogen-bond donors (Lipinski definition) is 0. The van der Waals surface area contributed by atoms with Gasteiger partial charge in [-0.2, -0.15) is 4.98 Å². The Labute approximate surface area is 160 Å². The lowest BCUT2D eigenvalue weighted by molar-refractivity contribution is 0.112. The maximum absolute atomic E-state index is 5.62. The molecule has 6 nitrogen and oxygen atoms in total. The Balaban J connectivity index is 1.56. The van der Waals surface area contributed by atoms with E-state index in [9.17, 15) is 0 Å². The van der Waals surface area contributed by atoms with Crippen molar-refractivity contribution in [1.29, 1.82) is 0 Å². The van der Waals surface area contributed by atoms with Gasteiger partial charge in [-0.3, -0.25) is 4.90 Å². The van der Waals surface area contributed by atoms with Gasteiger partial charge in [0.2, 0.25) is 5.89 Å². The molecule has 1 saturated heterocycles. The minimum absolute atomic E-state index is 0.200. The molecule has 0 aliphatic carbocycles. The normalized spacial score (nSPS) is 18.4. The van der Waals surface area contributed by atoms with E-state index < -0.39 is 0 Å². The van der Waals surface area contributed by atoms with Gasteiger partial charge in [0.15, 0.2) is 5.82 Å². The van der Waals surface area contributed by atoms with E-state index in [-0.39, 0.29) is 6.04 Å². The minimum atomic E-state index is 0.200. The predicted molar refractivity (Wildman–Crippen MR) is 104 cm³/mol. The molecule has 1 aromatic carbocycles. The van der Waals surface area contributed by atoms with Crippen LogP contribution in [0.5, 0.6) is 0 Å². The highest BCUT2D eigenvalue weighted by Crippen LogP contribution is 2.32. The molecule has 1 aliphatic heterocycles. The number of benzene rings is 1. The van der Waals surface area contributed by atoms with E-state index in [1.807, 2.05) is 0 Å². The van der Waals surface area contributed by atoms with Crippen molar-refractivity contribution in [3.8, 4) is 0 Å². The standard InChI is InChI=1S/C21H28N4O2/c1-3-24-13-10-17-16(7-6-9-18(17)24)15-25-12-5-4-8-19(25)21-22-20(23-27-21)11-14-26-2/h6-7,9-10,13,19H,3-5,8,11-12,14-15H2,1-2H3/t19-/m1/s1. The number of rotatable bonds is 7. The third-order valence-electron chi connectivity index (χ3n) is 5.53. The summed E-state index contributed by atoms with van der Waals surface area (Å²) in [6.07, 6.45) is 6.36. The third kappa shape index (κ3) is 3.77. The molecule has 0 saturated carbocycles. The molecule has 0 spiro atoms. The quantitative estimate of drug-likeness (QED) is 0.632. The predicted octanol–water partition coefficient (Wildman–Crippen LogP) is 3.96. The van der Waals surface area contributed by atoms with E-state index in [4.69, 9.17) is 9.26 Å². The number of aromatic nitrogens is 3. The Kier molecular flexibility index (Phi) is 5.55. The van der Waals surface area contributed by atoms with Gasteiger partial charge in [-0.25, -0.2) is 0 Å². The maximum atomic E-state index is 5.62. The molecule has 3 heterocycles. The van der Waals surface area contributed by atoms with Gasteiger partial charge >= 0.3 is 0 Å². The lowest BCUT2D eigenvalue weighted by atomic mass is 10.00. The van der Waals surface area contributed by atoms with Crippen LogP contribution in [-0.4, -0.2) is 39.9 Å². The van der Waals surface area contributed by atoms with E-state index in [1.54, 1.807) is 7.11 Å². The zero-order valence-electron chi connectivity index (χ0n) is 16.2. The first kappa shape index (κ1) is 18.2. The van der Waals surface area contributed by atoms with Gasteiger partial charge in [-0.1, -0.05) is 23.7 Å². The summed E-state index contributed by atoms with van der Waals surface area (Å²) in [5, 5.41) is 5.48. The highest BCUT2D eigenvalue weighted by Gasteiger charge is 2.29. The van der Waals surface area contributed by atoms with Crippen LogP contribution in [0.3, 0.4) is 0 Å². The maximum Gasteiger partial charge on any atom is 0.244 e. The lowest BCUT2D eigenvalue weighted by Crippen LogP contribution is -2.33. The summed E-state index contributed by atoms with van der Waals surface area (Å²) in [4.78, 5) is 7.13. The monoisotopic (exact) mass is 368 g/mol. The van der Waals surface area contributed by atoms with E-state index in [1.165, 1.54) is 29.3 Å². The summed E-state index contributed by atoms with van der Waals surface area (Å²) in [6.45, 7) is 5.76. The van der Waals surface area contributed by atoms with Crippen molar-refractivity contribution in [1.82, 2.24) is 19.6 Å². The van der Waals surface area contributed by atoms with Crippen molar-refractivity contribution < 1.29 is 9.26 Å². The average molecular weight is 368 g/mol. The molecule has 1 aliphatic rings. The Hall–Kier alpha value is -2.18. The molecular weight excluding hydrogens is 340 g/mol. The molecule has 0 radical (unpaired) electrons. The zero-order valence-corrected chi connectivity index (χ0v) is 16.2. The van der Waals surface area contributed by atoms with Crippen LogP contribution < -0.4 is 0 Å². The molecule has 1 atom stereocenters. The van der Waals surface area contributed by atoms with Crippen molar-refractivity contribution in [3.63, 3.8) is 0 Å². The van der Waals surface area contributed by atoms with Gasteiger partial charge in [-0.15, -0.1) is 0 Å². The van der Waals surface area contributed by atoms with Gasteiger partial charge in [0.05, 0.1) is 12.6 Å². The largest absolute Gasteiger partial charge is 0.384 e. The van der Waals surface area contributed by atoms with Crippen molar-refractivity contribution >= 4 is 10.9 Å². The van der Waals surface area contributed by atoms with Crippen LogP contribution in [0.2, 0.25) is 0 Å². The van der Waals surface area contributed by atoms with Crippen molar-refractivity contribution in [3.05, 3.63) is 47.7 Å². The summed E-state index contributed by atoms with van der Waals surface area (Å²) >= 11 is 0. The van der Waals surface area contributed by atoms with Crippen LogP contribution in [0.15, 0.2) is 35.0 Å². The van der Waals surface area contributed by atoms with Crippen LogP contribution >= 0.6 is 0 Å². The van der Waals surface area contributed by atoms with Crippen molar-refractivity contribution in [2.75, 3.05) is 20.3 Å². The molecule has 144 valence electrons. The molecule has 0 N–H and O–H groups in total. The number of fused-ring (bicyclic) bond motifs is 1. The summed E-state index contributed by atoms with van der Waals surface area (Å²) in [5.41, 5.74) is 2.67. The molecule has 4 rings (SSSR count). The summed E-state index contributed by atoms with van der Waals surface area (Å²) < 4.78 is 13.0. The number of hydrogen-bond acceptors (Lipinski definition) is 5. The molecule has 27 heavy (non-hydrogen) atoms. The Morgan fingerprint density at radius 3 is 3.04 bits per heavy atom. The molecular formula is C21H28N4O2. The number of ether oxygens (including phenoxy) is 1. The Morgan fingerprint density at radius 1 is 1.26 bits per heavy atom. The molecule has 0 unspecified atom stereocenters. The van der Waals surface area contributed by atoms with Crippen LogP contribution in [0, 0.1) is 0 Å². The Bertz CT molecular complexity index is 885. The van der Waals surface area contributed by atoms with Gasteiger partial charge in [0.1, 0.15) is 0 Å². The van der Waals surface area contributed by atoms with Crippen molar-refractivity contribution in [2.45, 2.75) is 51.7 Å². The number of likely N-dealkylation sites (tertiary alicyclic amines) is 1. The molecule has 2 aromatic heterocycles. The molecule has 3 aromatic rings. The molecule has 0 bridgehead atoms. The van der Waals surface area contributed by atoms with Gasteiger partial charge in [-0.05, 0) is 44.0 Å². The fourth-order valence-electron chi connectivity index (χ4n) is 4.08. The Morgan fingerprint density at radius 2 is 2.19 bits per heavy atom. The highest BCUT2D eigenvalue weighted by atomic mass is 16.5. The topological polar surface area (TPSA) is 56.3 Å². The minimum Gasteiger partial charge on any atom is -0.384 e. The zero-order chi connectivity index (χ0) is 18.6. The highest BCUT2D eigenvalue weighted by molar-refractivity contribution is 5.83. The second-order valence-electron chi connectivity index (χ2n) is 7.23. The molecule has 6 heteroatoms. The van der Waals surface area contributed by atoms with Gasteiger partial charge in [0, 0.05) is 43.7 Å². The van der Waals surface area contributed by atoms with Crippen LogP contribution in [-0.2, 0) is 24.2 Å².